The lowest BCUT2D eigenvalue weighted by Gasteiger charge is -2.10. The van der Waals surface area contributed by atoms with Crippen LogP contribution in [0.1, 0.15) is 46.2 Å². The predicted molar refractivity (Wildman–Crippen MR) is 103 cm³/mol. The lowest BCUT2D eigenvalue weighted by molar-refractivity contribution is 0.101. The van der Waals surface area contributed by atoms with Gasteiger partial charge in [0.15, 0.2) is 5.78 Å². The van der Waals surface area contributed by atoms with E-state index in [1.807, 2.05) is 42.7 Å². The summed E-state index contributed by atoms with van der Waals surface area (Å²) in [4.78, 5) is 12.1. The van der Waals surface area contributed by atoms with Crippen LogP contribution in [-0.4, -0.2) is 30.8 Å². The van der Waals surface area contributed by atoms with Crippen LogP contribution in [0.25, 0.3) is 11.8 Å². The van der Waals surface area contributed by atoms with Crippen LogP contribution in [0.15, 0.2) is 30.3 Å². The average molecular weight is 370 g/mol. The minimum Gasteiger partial charge on any atom is -0.313 e. The molecular weight excluding hydrogens is 348 g/mol. The maximum atomic E-state index is 12.1. The second-order valence-electron chi connectivity index (χ2n) is 6.34. The lowest BCUT2D eigenvalue weighted by atomic mass is 10.1. The van der Waals surface area contributed by atoms with E-state index < -0.39 is 9.84 Å². The Morgan fingerprint density at radius 2 is 1.85 bits per heavy atom. The second kappa shape index (κ2) is 7.71. The molecule has 0 saturated heterocycles. The van der Waals surface area contributed by atoms with E-state index in [0.29, 0.717) is 17.5 Å². The van der Waals surface area contributed by atoms with E-state index in [1.54, 1.807) is 12.1 Å². The molecule has 0 bridgehead atoms. The van der Waals surface area contributed by atoms with Crippen molar-refractivity contribution in [3.63, 3.8) is 0 Å². The molecule has 26 heavy (non-hydrogen) atoms. The zero-order valence-electron chi connectivity index (χ0n) is 15.4. The SMILES string of the molecule is CC(=O)c1c(C)c(C=CCCS(C)(=O)=O)n(-c2ccc(C#N)cc2)c1C. The number of nitrogens with zero attached hydrogens (tertiary/aromatic N) is 2. The topological polar surface area (TPSA) is 79.9 Å². The largest absolute Gasteiger partial charge is 0.313 e. The van der Waals surface area contributed by atoms with Gasteiger partial charge in [0.2, 0.25) is 0 Å². The fourth-order valence-electron chi connectivity index (χ4n) is 3.07. The minimum atomic E-state index is -3.02. The van der Waals surface area contributed by atoms with Crippen molar-refractivity contribution in [1.82, 2.24) is 4.57 Å². The van der Waals surface area contributed by atoms with Crippen LogP contribution >= 0.6 is 0 Å². The molecule has 0 atom stereocenters. The molecule has 1 aromatic heterocycles. The highest BCUT2D eigenvalue weighted by atomic mass is 32.2. The Morgan fingerprint density at radius 3 is 2.35 bits per heavy atom. The summed E-state index contributed by atoms with van der Waals surface area (Å²) in [6.07, 6.45) is 5.29. The lowest BCUT2D eigenvalue weighted by Crippen LogP contribution is -2.02. The Bertz CT molecular complexity index is 1000. The molecule has 5 nitrogen and oxygen atoms in total. The molecule has 0 aliphatic rings. The van der Waals surface area contributed by atoms with Crippen LogP contribution < -0.4 is 0 Å². The fraction of sp³-hybridized carbons (Fsp3) is 0.300. The van der Waals surface area contributed by atoms with Gasteiger partial charge < -0.3 is 4.57 Å². The summed E-state index contributed by atoms with van der Waals surface area (Å²) in [5.74, 6) is 0.0664. The average Bonchev–Trinajstić information content (AvgIpc) is 2.81. The molecule has 0 radical (unpaired) electrons. The van der Waals surface area contributed by atoms with E-state index in [0.717, 1.165) is 22.6 Å². The van der Waals surface area contributed by atoms with Crippen molar-refractivity contribution in [2.24, 2.45) is 0 Å². The van der Waals surface area contributed by atoms with Crippen molar-refractivity contribution in [2.45, 2.75) is 27.2 Å². The third-order valence-corrected chi connectivity index (χ3v) is 5.21. The Kier molecular flexibility index (Phi) is 5.83. The normalized spacial score (nSPS) is 11.7. The fourth-order valence-corrected chi connectivity index (χ4v) is 3.64. The van der Waals surface area contributed by atoms with Gasteiger partial charge in [-0.2, -0.15) is 5.26 Å². The first-order chi connectivity index (χ1) is 12.2. The van der Waals surface area contributed by atoms with Crippen LogP contribution in [0.4, 0.5) is 0 Å². The van der Waals surface area contributed by atoms with E-state index in [1.165, 1.54) is 13.2 Å². The Balaban J connectivity index is 2.54. The molecule has 6 heteroatoms. The van der Waals surface area contributed by atoms with Crippen LogP contribution in [0, 0.1) is 25.2 Å². The van der Waals surface area contributed by atoms with Crippen LogP contribution in [0.5, 0.6) is 0 Å². The van der Waals surface area contributed by atoms with Gasteiger partial charge in [-0.05, 0) is 63.1 Å². The number of aromatic nitrogens is 1. The third-order valence-electron chi connectivity index (χ3n) is 4.24. The molecule has 136 valence electrons. The summed E-state index contributed by atoms with van der Waals surface area (Å²) < 4.78 is 24.6. The quantitative estimate of drug-likeness (QED) is 0.728. The maximum Gasteiger partial charge on any atom is 0.161 e. The molecule has 0 aliphatic heterocycles. The summed E-state index contributed by atoms with van der Waals surface area (Å²) in [5.41, 5.74) is 4.59. The van der Waals surface area contributed by atoms with Gasteiger partial charge >= 0.3 is 0 Å². The summed E-state index contributed by atoms with van der Waals surface area (Å²) in [5, 5.41) is 8.98. The van der Waals surface area contributed by atoms with Gasteiger partial charge in [-0.3, -0.25) is 4.79 Å². The van der Waals surface area contributed by atoms with Gasteiger partial charge in [0, 0.05) is 28.9 Å². The highest BCUT2D eigenvalue weighted by Crippen LogP contribution is 2.28. The molecule has 2 aromatic rings. The van der Waals surface area contributed by atoms with Gasteiger partial charge in [-0.1, -0.05) is 6.08 Å². The number of benzene rings is 1. The van der Waals surface area contributed by atoms with Crippen molar-refractivity contribution in [1.29, 1.82) is 5.26 Å². The molecule has 2 rings (SSSR count). The first kappa shape index (κ1) is 19.7. The second-order valence-corrected chi connectivity index (χ2v) is 8.60. The summed E-state index contributed by atoms with van der Waals surface area (Å²) >= 11 is 0. The van der Waals surface area contributed by atoms with E-state index in [4.69, 9.17) is 5.26 Å². The number of hydrogen-bond acceptors (Lipinski definition) is 4. The standard InChI is InChI=1S/C20H22N2O3S/c1-14-19(7-5-6-12-26(4,24)25)22(15(2)20(14)16(3)23)18-10-8-17(13-21)9-11-18/h5,7-11H,6,12H2,1-4H3. The highest BCUT2D eigenvalue weighted by molar-refractivity contribution is 7.90. The number of Topliss-reactive ketones (excluding diaryl/α,β-unsaturated/α-hetero) is 1. The van der Waals surface area contributed by atoms with Gasteiger partial charge in [-0.25, -0.2) is 8.42 Å². The van der Waals surface area contributed by atoms with Crippen molar-refractivity contribution >= 4 is 21.7 Å². The number of ketones is 1. The number of carbonyl (C=O) groups excluding carboxylic acids is 1. The van der Waals surface area contributed by atoms with Crippen LogP contribution in [-0.2, 0) is 9.84 Å². The van der Waals surface area contributed by atoms with E-state index in [-0.39, 0.29) is 11.5 Å². The molecule has 1 aromatic carbocycles. The number of sulfone groups is 1. The van der Waals surface area contributed by atoms with Crippen LogP contribution in [0.3, 0.4) is 0 Å². The van der Waals surface area contributed by atoms with Crippen molar-refractivity contribution < 1.29 is 13.2 Å². The molecule has 0 fully saturated rings. The highest BCUT2D eigenvalue weighted by Gasteiger charge is 2.19. The molecule has 0 amide bonds. The first-order valence-electron chi connectivity index (χ1n) is 8.23. The van der Waals surface area contributed by atoms with Gasteiger partial charge in [0.25, 0.3) is 0 Å². The van der Waals surface area contributed by atoms with E-state index >= 15 is 0 Å². The van der Waals surface area contributed by atoms with Crippen LogP contribution in [0.2, 0.25) is 0 Å². The minimum absolute atomic E-state index is 0.0156. The van der Waals surface area contributed by atoms with E-state index in [9.17, 15) is 13.2 Å². The van der Waals surface area contributed by atoms with Crippen molar-refractivity contribution in [3.8, 4) is 11.8 Å². The summed E-state index contributed by atoms with van der Waals surface area (Å²) in [7, 11) is -3.02. The Morgan fingerprint density at radius 1 is 1.23 bits per heavy atom. The Hall–Kier alpha value is -2.65. The number of nitriles is 1. The smallest absolute Gasteiger partial charge is 0.161 e. The molecule has 0 unspecified atom stereocenters. The van der Waals surface area contributed by atoms with Gasteiger partial charge in [-0.15, -0.1) is 0 Å². The molecule has 1 heterocycles. The number of rotatable bonds is 6. The van der Waals surface area contributed by atoms with E-state index in [2.05, 4.69) is 6.07 Å². The predicted octanol–water partition coefficient (Wildman–Crippen LogP) is 3.62. The Labute approximate surface area is 154 Å². The number of allylic oxidation sites excluding steroid dienone is 1. The summed E-state index contributed by atoms with van der Waals surface area (Å²) in [6.45, 7) is 5.31. The molecular formula is C20H22N2O3S. The monoisotopic (exact) mass is 370 g/mol. The summed E-state index contributed by atoms with van der Waals surface area (Å²) in [6, 6.07) is 9.23. The zero-order chi connectivity index (χ0) is 19.5. The molecule has 0 aliphatic carbocycles. The molecule has 0 N–H and O–H groups in total. The van der Waals surface area contributed by atoms with Gasteiger partial charge in [0.05, 0.1) is 17.4 Å². The number of carbonyl (C=O) groups is 1. The maximum absolute atomic E-state index is 12.1. The first-order valence-corrected chi connectivity index (χ1v) is 10.3. The number of hydrogen-bond donors (Lipinski definition) is 0. The van der Waals surface area contributed by atoms with Crippen molar-refractivity contribution in [3.05, 3.63) is 58.4 Å². The third kappa shape index (κ3) is 4.30. The van der Waals surface area contributed by atoms with Crippen molar-refractivity contribution in [2.75, 3.05) is 12.0 Å². The molecule has 0 spiro atoms. The molecule has 0 saturated carbocycles. The van der Waals surface area contributed by atoms with Gasteiger partial charge in [0.1, 0.15) is 9.84 Å². The zero-order valence-corrected chi connectivity index (χ0v) is 16.2.